The molecule has 150 valence electrons. The molecule has 0 bridgehead atoms. The third-order valence-electron chi connectivity index (χ3n) is 5.44. The van der Waals surface area contributed by atoms with Crippen molar-refractivity contribution in [3.05, 3.63) is 65.5 Å². The number of nitrogens with zero attached hydrogens (tertiary/aromatic N) is 3. The number of hydrogen-bond acceptors (Lipinski definition) is 3. The molecule has 0 aliphatic carbocycles. The lowest BCUT2D eigenvalue weighted by atomic mass is 10.0. The van der Waals surface area contributed by atoms with Crippen molar-refractivity contribution >= 4 is 20.0 Å². The van der Waals surface area contributed by atoms with Crippen molar-refractivity contribution in [2.45, 2.75) is 52.0 Å². The van der Waals surface area contributed by atoms with Crippen molar-refractivity contribution in [1.82, 2.24) is 9.88 Å². The van der Waals surface area contributed by atoms with Crippen molar-refractivity contribution in [2.24, 2.45) is 0 Å². The van der Waals surface area contributed by atoms with E-state index in [-0.39, 0.29) is 0 Å². The monoisotopic (exact) mass is 393 g/mol. The fourth-order valence-electron chi connectivity index (χ4n) is 3.93. The number of hydrogen-bond donors (Lipinski definition) is 0. The van der Waals surface area contributed by atoms with Gasteiger partial charge in [0.1, 0.15) is 5.82 Å². The molecule has 2 heterocycles. The Kier molecular flexibility index (Phi) is 7.08. The lowest BCUT2D eigenvalue weighted by Crippen LogP contribution is -2.45. The summed E-state index contributed by atoms with van der Waals surface area (Å²) in [5.74, 6) is 1.15. The topological polar surface area (TPSA) is 19.4 Å². The standard InChI is InChI=1S/C24H35N3Si/c1-5-27(24-22(12-9-16-25-24)15-19-28(2,3)4)23-13-17-26(18-14-23)20-21-10-7-6-8-11-21/h6-12,15-16,19,23H,5,13-14,17-18,20H2,1-4H3. The Balaban J connectivity index is 1.67. The third kappa shape index (κ3) is 5.79. The van der Waals surface area contributed by atoms with Crippen molar-refractivity contribution < 1.29 is 0 Å². The summed E-state index contributed by atoms with van der Waals surface area (Å²) in [6.07, 6.45) is 6.65. The molecular formula is C24H35N3Si. The van der Waals surface area contributed by atoms with E-state index in [4.69, 9.17) is 4.98 Å². The molecule has 3 nitrogen and oxygen atoms in total. The van der Waals surface area contributed by atoms with Crippen molar-refractivity contribution in [2.75, 3.05) is 24.5 Å². The van der Waals surface area contributed by atoms with Gasteiger partial charge in [0.05, 0.1) is 8.07 Å². The predicted octanol–water partition coefficient (Wildman–Crippen LogP) is 5.46. The molecule has 0 saturated carbocycles. The first-order chi connectivity index (χ1) is 13.5. The van der Waals surface area contributed by atoms with Crippen LogP contribution in [-0.2, 0) is 6.54 Å². The highest BCUT2D eigenvalue weighted by atomic mass is 28.3. The summed E-state index contributed by atoms with van der Waals surface area (Å²) in [7, 11) is -1.23. The fraction of sp³-hybridized carbons (Fsp3) is 0.458. The van der Waals surface area contributed by atoms with Crippen LogP contribution in [0.15, 0.2) is 54.4 Å². The second kappa shape index (κ2) is 9.53. The minimum Gasteiger partial charge on any atom is -0.353 e. The third-order valence-corrected chi connectivity index (χ3v) is 6.61. The fourth-order valence-corrected chi connectivity index (χ4v) is 4.61. The van der Waals surface area contributed by atoms with E-state index in [9.17, 15) is 0 Å². The Morgan fingerprint density at radius 2 is 1.79 bits per heavy atom. The Labute approximate surface area is 172 Å². The molecule has 1 aliphatic rings. The Morgan fingerprint density at radius 1 is 1.07 bits per heavy atom. The molecule has 3 rings (SSSR count). The maximum atomic E-state index is 4.79. The second-order valence-corrected chi connectivity index (χ2v) is 14.0. The van der Waals surface area contributed by atoms with E-state index in [0.717, 1.165) is 32.0 Å². The number of likely N-dealkylation sites (tertiary alicyclic amines) is 1. The van der Waals surface area contributed by atoms with E-state index >= 15 is 0 Å². The van der Waals surface area contributed by atoms with E-state index in [0.29, 0.717) is 6.04 Å². The number of rotatable bonds is 7. The van der Waals surface area contributed by atoms with Gasteiger partial charge >= 0.3 is 0 Å². The Morgan fingerprint density at radius 3 is 2.43 bits per heavy atom. The summed E-state index contributed by atoms with van der Waals surface area (Å²) in [5, 5.41) is 0. The number of piperidine rings is 1. The van der Waals surface area contributed by atoms with Crippen LogP contribution >= 0.6 is 0 Å². The van der Waals surface area contributed by atoms with Crippen LogP contribution in [0.1, 0.15) is 30.9 Å². The van der Waals surface area contributed by atoms with E-state index in [1.54, 1.807) is 0 Å². The van der Waals surface area contributed by atoms with E-state index in [1.165, 1.54) is 24.0 Å². The molecule has 1 aromatic heterocycles. The van der Waals surface area contributed by atoms with Crippen LogP contribution in [-0.4, -0.2) is 43.6 Å². The quantitative estimate of drug-likeness (QED) is 0.582. The predicted molar refractivity (Wildman–Crippen MR) is 124 cm³/mol. The maximum absolute atomic E-state index is 4.79. The molecule has 1 fully saturated rings. The smallest absolute Gasteiger partial charge is 0.136 e. The SMILES string of the molecule is CCN(c1ncccc1C=C[Si](C)(C)C)C1CCN(Cc2ccccc2)CC1. The number of pyridine rings is 1. The molecule has 0 amide bonds. The highest BCUT2D eigenvalue weighted by molar-refractivity contribution is 6.81. The molecular weight excluding hydrogens is 358 g/mol. The van der Waals surface area contributed by atoms with Gasteiger partial charge in [-0.2, -0.15) is 0 Å². The minimum atomic E-state index is -1.23. The molecule has 1 aliphatic heterocycles. The minimum absolute atomic E-state index is 0.575. The van der Waals surface area contributed by atoms with Gasteiger partial charge in [0.25, 0.3) is 0 Å². The zero-order valence-electron chi connectivity index (χ0n) is 17.9. The number of aromatic nitrogens is 1. The summed E-state index contributed by atoms with van der Waals surface area (Å²) in [4.78, 5) is 9.91. The Bertz CT molecular complexity index is 759. The molecule has 28 heavy (non-hydrogen) atoms. The highest BCUT2D eigenvalue weighted by Crippen LogP contribution is 2.26. The van der Waals surface area contributed by atoms with Gasteiger partial charge in [0.2, 0.25) is 0 Å². The molecule has 0 spiro atoms. The normalized spacial score (nSPS) is 16.6. The van der Waals surface area contributed by atoms with Gasteiger partial charge in [0, 0.05) is 44.0 Å². The van der Waals surface area contributed by atoms with Crippen LogP contribution in [0.4, 0.5) is 5.82 Å². The van der Waals surface area contributed by atoms with Crippen molar-refractivity contribution in [1.29, 1.82) is 0 Å². The molecule has 0 N–H and O–H groups in total. The van der Waals surface area contributed by atoms with Crippen LogP contribution in [0.5, 0.6) is 0 Å². The summed E-state index contributed by atoms with van der Waals surface area (Å²) in [5.41, 5.74) is 5.10. The molecule has 1 aromatic carbocycles. The van der Waals surface area contributed by atoms with Crippen LogP contribution < -0.4 is 4.90 Å². The molecule has 4 heteroatoms. The van der Waals surface area contributed by atoms with E-state index < -0.39 is 8.07 Å². The van der Waals surface area contributed by atoms with Gasteiger partial charge in [0.15, 0.2) is 0 Å². The highest BCUT2D eigenvalue weighted by Gasteiger charge is 2.25. The maximum Gasteiger partial charge on any atom is 0.136 e. The van der Waals surface area contributed by atoms with Crippen LogP contribution in [0.25, 0.3) is 6.08 Å². The van der Waals surface area contributed by atoms with Crippen LogP contribution in [0.3, 0.4) is 0 Å². The number of anilines is 1. The Hall–Kier alpha value is -1.91. The van der Waals surface area contributed by atoms with Gasteiger partial charge in [-0.1, -0.05) is 61.7 Å². The first-order valence-corrected chi connectivity index (χ1v) is 14.2. The first-order valence-electron chi connectivity index (χ1n) is 10.6. The van der Waals surface area contributed by atoms with E-state index in [1.807, 2.05) is 6.20 Å². The average molecular weight is 394 g/mol. The zero-order chi connectivity index (χ0) is 20.0. The summed E-state index contributed by atoms with van der Waals surface area (Å²) >= 11 is 0. The molecule has 1 saturated heterocycles. The van der Waals surface area contributed by atoms with E-state index in [2.05, 4.69) is 90.6 Å². The summed E-state index contributed by atoms with van der Waals surface area (Å²) in [6, 6.07) is 15.7. The number of benzene rings is 1. The largest absolute Gasteiger partial charge is 0.353 e. The lowest BCUT2D eigenvalue weighted by Gasteiger charge is -2.39. The van der Waals surface area contributed by atoms with Crippen LogP contribution in [0, 0.1) is 0 Å². The molecule has 0 atom stereocenters. The second-order valence-electron chi connectivity index (χ2n) is 8.89. The first kappa shape index (κ1) is 20.8. The molecule has 2 aromatic rings. The summed E-state index contributed by atoms with van der Waals surface area (Å²) < 4.78 is 0. The lowest BCUT2D eigenvalue weighted by molar-refractivity contribution is 0.201. The summed E-state index contributed by atoms with van der Waals surface area (Å²) in [6.45, 7) is 13.8. The van der Waals surface area contributed by atoms with Gasteiger partial charge in [-0.3, -0.25) is 4.90 Å². The zero-order valence-corrected chi connectivity index (χ0v) is 18.9. The van der Waals surface area contributed by atoms with Crippen LogP contribution in [0.2, 0.25) is 19.6 Å². The average Bonchev–Trinajstić information content (AvgIpc) is 2.69. The van der Waals surface area contributed by atoms with Gasteiger partial charge in [-0.15, -0.1) is 0 Å². The van der Waals surface area contributed by atoms with Crippen molar-refractivity contribution in [3.8, 4) is 0 Å². The van der Waals surface area contributed by atoms with Gasteiger partial charge < -0.3 is 4.90 Å². The van der Waals surface area contributed by atoms with Gasteiger partial charge in [-0.05, 0) is 37.5 Å². The van der Waals surface area contributed by atoms with Crippen molar-refractivity contribution in [3.63, 3.8) is 0 Å². The molecule has 0 radical (unpaired) electrons. The van der Waals surface area contributed by atoms with Gasteiger partial charge in [-0.25, -0.2) is 4.98 Å². The molecule has 0 unspecified atom stereocenters.